The van der Waals surface area contributed by atoms with E-state index in [-0.39, 0.29) is 30.2 Å². The van der Waals surface area contributed by atoms with Gasteiger partial charge in [-0.3, -0.25) is 9.78 Å². The number of hydrogen-bond donors (Lipinski definition) is 1. The molecule has 0 aliphatic carbocycles. The zero-order valence-corrected chi connectivity index (χ0v) is 17.8. The molecule has 0 amide bonds. The highest BCUT2D eigenvalue weighted by Crippen LogP contribution is 2.36. The Labute approximate surface area is 181 Å². The number of cyclic esters (lactones) is 1. The van der Waals surface area contributed by atoms with E-state index in [2.05, 4.69) is 29.5 Å². The van der Waals surface area contributed by atoms with Crippen molar-refractivity contribution in [3.8, 4) is 22.5 Å². The van der Waals surface area contributed by atoms with Crippen LogP contribution in [0.15, 0.2) is 54.7 Å². The van der Waals surface area contributed by atoms with Crippen LogP contribution in [0.4, 0.5) is 4.39 Å². The Bertz CT molecular complexity index is 1040. The summed E-state index contributed by atoms with van der Waals surface area (Å²) in [5, 5.41) is 9.95. The molecule has 2 unspecified atom stereocenters. The number of nitrogens with zero attached hydrogens (tertiary/aromatic N) is 2. The number of halogens is 1. The van der Waals surface area contributed by atoms with E-state index in [4.69, 9.17) is 4.74 Å². The number of carbonyl (C=O) groups is 1. The lowest BCUT2D eigenvalue weighted by Gasteiger charge is -2.27. The molecule has 2 atom stereocenters. The molecular formula is C25H27FN2O3. The molecule has 4 rings (SSSR count). The summed E-state index contributed by atoms with van der Waals surface area (Å²) in [4.78, 5) is 16.3. The van der Waals surface area contributed by atoms with Crippen LogP contribution < -0.4 is 0 Å². The van der Waals surface area contributed by atoms with Crippen molar-refractivity contribution in [2.75, 3.05) is 0 Å². The van der Waals surface area contributed by atoms with E-state index in [1.807, 2.05) is 18.2 Å². The highest BCUT2D eigenvalue weighted by Gasteiger charge is 2.28. The molecular weight excluding hydrogens is 395 g/mol. The molecule has 0 radical (unpaired) electrons. The number of carbonyl (C=O) groups excluding carboxylic acids is 1. The predicted octanol–water partition coefficient (Wildman–Crippen LogP) is 4.94. The number of rotatable bonds is 6. The van der Waals surface area contributed by atoms with Crippen molar-refractivity contribution in [1.29, 1.82) is 0 Å². The number of benzene rings is 1. The Balaban J connectivity index is 1.76. The summed E-state index contributed by atoms with van der Waals surface area (Å²) in [5.74, 6) is -0.419. The van der Waals surface area contributed by atoms with Crippen LogP contribution in [-0.4, -0.2) is 32.8 Å². The van der Waals surface area contributed by atoms with Gasteiger partial charge in [-0.05, 0) is 53.9 Å². The first-order valence-electron chi connectivity index (χ1n) is 10.7. The molecule has 0 spiro atoms. The van der Waals surface area contributed by atoms with Gasteiger partial charge in [-0.25, -0.2) is 4.39 Å². The van der Waals surface area contributed by atoms with E-state index < -0.39 is 6.10 Å². The number of aliphatic hydroxyl groups excluding tert-OH is 1. The molecule has 6 heteroatoms. The van der Waals surface area contributed by atoms with Crippen LogP contribution in [0, 0.1) is 5.82 Å². The number of ether oxygens (including phenoxy) is 1. The first kappa shape index (κ1) is 21.2. The van der Waals surface area contributed by atoms with Crippen LogP contribution in [0.25, 0.3) is 22.5 Å². The zero-order chi connectivity index (χ0) is 22.0. The molecule has 1 N–H and O–H groups in total. The maximum absolute atomic E-state index is 13.6. The van der Waals surface area contributed by atoms with Crippen molar-refractivity contribution in [2.45, 2.75) is 57.8 Å². The van der Waals surface area contributed by atoms with E-state index in [1.54, 1.807) is 18.3 Å². The van der Waals surface area contributed by atoms with Gasteiger partial charge >= 0.3 is 5.97 Å². The summed E-state index contributed by atoms with van der Waals surface area (Å²) in [6.07, 6.45) is 1.90. The van der Waals surface area contributed by atoms with E-state index in [1.165, 1.54) is 12.1 Å². The lowest BCUT2D eigenvalue weighted by Crippen LogP contribution is -2.33. The van der Waals surface area contributed by atoms with Crippen molar-refractivity contribution in [3.05, 3.63) is 66.2 Å². The second-order valence-electron chi connectivity index (χ2n) is 8.35. The van der Waals surface area contributed by atoms with Crippen LogP contribution in [0.5, 0.6) is 0 Å². The van der Waals surface area contributed by atoms with Gasteiger partial charge < -0.3 is 14.4 Å². The van der Waals surface area contributed by atoms with Gasteiger partial charge in [0.2, 0.25) is 0 Å². The van der Waals surface area contributed by atoms with Gasteiger partial charge in [0.1, 0.15) is 11.9 Å². The number of pyridine rings is 1. The number of esters is 1. The van der Waals surface area contributed by atoms with Gasteiger partial charge in [-0.2, -0.15) is 0 Å². The summed E-state index contributed by atoms with van der Waals surface area (Å²) in [6.45, 7) is 4.88. The van der Waals surface area contributed by atoms with Gasteiger partial charge in [-0.1, -0.05) is 19.9 Å². The van der Waals surface area contributed by atoms with Crippen molar-refractivity contribution in [2.24, 2.45) is 0 Å². The molecule has 31 heavy (non-hydrogen) atoms. The lowest BCUT2D eigenvalue weighted by atomic mass is 10.0. The van der Waals surface area contributed by atoms with Crippen molar-refractivity contribution in [3.63, 3.8) is 0 Å². The third-order valence-corrected chi connectivity index (χ3v) is 5.68. The molecule has 1 aliphatic heterocycles. The summed E-state index contributed by atoms with van der Waals surface area (Å²) in [7, 11) is 0. The van der Waals surface area contributed by atoms with Crippen LogP contribution >= 0.6 is 0 Å². The van der Waals surface area contributed by atoms with Crippen molar-refractivity contribution >= 4 is 5.97 Å². The van der Waals surface area contributed by atoms with Crippen LogP contribution in [-0.2, 0) is 16.1 Å². The Morgan fingerprint density at radius 2 is 2.00 bits per heavy atom. The summed E-state index contributed by atoms with van der Waals surface area (Å²) in [6, 6.07) is 14.4. The molecule has 1 aliphatic rings. The van der Waals surface area contributed by atoms with Gasteiger partial charge in [0.15, 0.2) is 0 Å². The molecule has 3 heterocycles. The lowest BCUT2D eigenvalue weighted by molar-refractivity contribution is -0.160. The third-order valence-electron chi connectivity index (χ3n) is 5.68. The largest absolute Gasteiger partial charge is 0.462 e. The smallest absolute Gasteiger partial charge is 0.308 e. The fraction of sp³-hybridized carbons (Fsp3) is 0.360. The van der Waals surface area contributed by atoms with Crippen molar-refractivity contribution in [1.82, 2.24) is 9.55 Å². The zero-order valence-electron chi connectivity index (χ0n) is 17.8. The average molecular weight is 423 g/mol. The predicted molar refractivity (Wildman–Crippen MR) is 117 cm³/mol. The van der Waals surface area contributed by atoms with E-state index >= 15 is 0 Å². The van der Waals surface area contributed by atoms with E-state index in [0.717, 1.165) is 28.2 Å². The number of aliphatic hydroxyl groups is 1. The maximum atomic E-state index is 13.6. The Kier molecular flexibility index (Phi) is 6.18. The van der Waals surface area contributed by atoms with Gasteiger partial charge in [-0.15, -0.1) is 0 Å². The van der Waals surface area contributed by atoms with Gasteiger partial charge in [0.25, 0.3) is 0 Å². The Morgan fingerprint density at radius 3 is 2.65 bits per heavy atom. The van der Waals surface area contributed by atoms with Crippen LogP contribution in [0.2, 0.25) is 0 Å². The van der Waals surface area contributed by atoms with Crippen LogP contribution in [0.1, 0.15) is 44.7 Å². The molecule has 3 aromatic rings. The van der Waals surface area contributed by atoms with Crippen molar-refractivity contribution < 1.29 is 19.0 Å². The number of aromatic nitrogens is 2. The first-order valence-corrected chi connectivity index (χ1v) is 10.7. The fourth-order valence-corrected chi connectivity index (χ4v) is 4.33. The third kappa shape index (κ3) is 4.69. The highest BCUT2D eigenvalue weighted by atomic mass is 19.1. The monoisotopic (exact) mass is 422 g/mol. The summed E-state index contributed by atoms with van der Waals surface area (Å²) in [5.41, 5.74) is 4.92. The minimum Gasteiger partial charge on any atom is -0.462 e. The topological polar surface area (TPSA) is 64.3 Å². The quantitative estimate of drug-likeness (QED) is 0.572. The van der Waals surface area contributed by atoms with Crippen LogP contribution in [0.3, 0.4) is 0 Å². The Morgan fingerprint density at radius 1 is 1.23 bits per heavy atom. The molecule has 1 fully saturated rings. The number of hydrogen-bond acceptors (Lipinski definition) is 4. The molecule has 1 aromatic carbocycles. The molecule has 0 saturated carbocycles. The summed E-state index contributed by atoms with van der Waals surface area (Å²) >= 11 is 0. The molecule has 162 valence electrons. The van der Waals surface area contributed by atoms with Gasteiger partial charge in [0, 0.05) is 42.5 Å². The van der Waals surface area contributed by atoms with Gasteiger partial charge in [0.05, 0.1) is 18.2 Å². The first-order chi connectivity index (χ1) is 14.9. The van der Waals surface area contributed by atoms with E-state index in [9.17, 15) is 14.3 Å². The molecule has 0 bridgehead atoms. The fourth-order valence-electron chi connectivity index (χ4n) is 4.33. The minimum atomic E-state index is -0.652. The highest BCUT2D eigenvalue weighted by molar-refractivity contribution is 5.74. The maximum Gasteiger partial charge on any atom is 0.308 e. The SMILES string of the molecule is CC(C)c1c(-c2ccccn2)cc(-c2ccc(F)cc2)n1CCC1CC(O)CC(=O)O1. The average Bonchev–Trinajstić information content (AvgIpc) is 3.12. The second kappa shape index (κ2) is 9.02. The van der Waals surface area contributed by atoms with E-state index in [0.29, 0.717) is 19.4 Å². The summed E-state index contributed by atoms with van der Waals surface area (Å²) < 4.78 is 21.2. The normalized spacial score (nSPS) is 18.9. The Hall–Kier alpha value is -2.99. The second-order valence-corrected chi connectivity index (χ2v) is 8.35. The molecule has 2 aromatic heterocycles. The standard InChI is InChI=1S/C25H27FN2O3/c1-16(2)25-21(22-5-3-4-11-27-22)15-23(17-6-8-18(26)9-7-17)28(25)12-10-20-13-19(29)14-24(30)31-20/h3-9,11,15-16,19-20,29H,10,12-14H2,1-2H3. The molecule has 5 nitrogen and oxygen atoms in total. The minimum absolute atomic E-state index is 0.0575. The molecule has 1 saturated heterocycles.